The van der Waals surface area contributed by atoms with Crippen LogP contribution >= 0.6 is 27.3 Å². The SMILES string of the molecule is CCCNC(c1cc2c(s1)CCCCC2)c1occc1Br. The molecule has 0 bridgehead atoms. The lowest BCUT2D eigenvalue weighted by atomic mass is 10.1. The Morgan fingerprint density at radius 2 is 2.19 bits per heavy atom. The molecule has 1 N–H and O–H groups in total. The van der Waals surface area contributed by atoms with Crippen molar-refractivity contribution >= 4 is 27.3 Å². The Balaban J connectivity index is 1.91. The highest BCUT2D eigenvalue weighted by molar-refractivity contribution is 9.10. The van der Waals surface area contributed by atoms with Crippen LogP contribution < -0.4 is 5.32 Å². The third-order valence-corrected chi connectivity index (χ3v) is 6.01. The van der Waals surface area contributed by atoms with Gasteiger partial charge in [0.15, 0.2) is 0 Å². The molecule has 2 aromatic heterocycles. The first-order valence-electron chi connectivity index (χ1n) is 7.87. The molecule has 0 spiro atoms. The second kappa shape index (κ2) is 7.12. The maximum absolute atomic E-state index is 5.73. The summed E-state index contributed by atoms with van der Waals surface area (Å²) in [6.45, 7) is 3.20. The Labute approximate surface area is 139 Å². The van der Waals surface area contributed by atoms with E-state index in [2.05, 4.69) is 34.2 Å². The maximum atomic E-state index is 5.73. The van der Waals surface area contributed by atoms with Crippen molar-refractivity contribution in [1.29, 1.82) is 0 Å². The van der Waals surface area contributed by atoms with Gasteiger partial charge >= 0.3 is 0 Å². The van der Waals surface area contributed by atoms with Gasteiger partial charge in [-0.3, -0.25) is 0 Å². The summed E-state index contributed by atoms with van der Waals surface area (Å²) in [4.78, 5) is 2.99. The van der Waals surface area contributed by atoms with Crippen molar-refractivity contribution in [2.45, 2.75) is 51.5 Å². The molecule has 2 nitrogen and oxygen atoms in total. The number of hydrogen-bond acceptors (Lipinski definition) is 3. The van der Waals surface area contributed by atoms with Crippen LogP contribution in [0.2, 0.25) is 0 Å². The van der Waals surface area contributed by atoms with Crippen molar-refractivity contribution in [2.24, 2.45) is 0 Å². The Kier molecular flexibility index (Phi) is 5.19. The summed E-state index contributed by atoms with van der Waals surface area (Å²) < 4.78 is 6.79. The van der Waals surface area contributed by atoms with Crippen LogP contribution in [-0.2, 0) is 12.8 Å². The van der Waals surface area contributed by atoms with Crippen LogP contribution in [0.15, 0.2) is 27.3 Å². The van der Waals surface area contributed by atoms with Gasteiger partial charge in [-0.15, -0.1) is 11.3 Å². The molecular formula is C17H22BrNOS. The van der Waals surface area contributed by atoms with Gasteiger partial charge in [0.05, 0.1) is 10.7 Å². The predicted octanol–water partition coefficient (Wildman–Crippen LogP) is 5.46. The fourth-order valence-corrected chi connectivity index (χ4v) is 4.72. The molecule has 2 aromatic rings. The van der Waals surface area contributed by atoms with Crippen LogP contribution in [0.4, 0.5) is 0 Å². The fraction of sp³-hybridized carbons (Fsp3) is 0.529. The van der Waals surface area contributed by atoms with E-state index < -0.39 is 0 Å². The lowest BCUT2D eigenvalue weighted by molar-refractivity contribution is 0.447. The standard InChI is InChI=1S/C17H22BrNOS/c1-2-9-19-16(17-13(18)8-10-20-17)15-11-12-6-4-3-5-7-14(12)21-15/h8,10-11,16,19H,2-7,9H2,1H3. The maximum Gasteiger partial charge on any atom is 0.140 e. The van der Waals surface area contributed by atoms with Crippen molar-refractivity contribution in [1.82, 2.24) is 5.32 Å². The van der Waals surface area contributed by atoms with E-state index in [0.717, 1.165) is 23.2 Å². The molecule has 4 heteroatoms. The normalized spacial score (nSPS) is 16.5. The molecule has 0 amide bonds. The van der Waals surface area contributed by atoms with E-state index in [-0.39, 0.29) is 6.04 Å². The topological polar surface area (TPSA) is 25.2 Å². The largest absolute Gasteiger partial charge is 0.466 e. The third kappa shape index (κ3) is 3.43. The van der Waals surface area contributed by atoms with E-state index in [4.69, 9.17) is 4.42 Å². The van der Waals surface area contributed by atoms with E-state index in [0.29, 0.717) is 0 Å². The number of rotatable bonds is 5. The number of thiophene rings is 1. The lowest BCUT2D eigenvalue weighted by Gasteiger charge is -2.15. The van der Waals surface area contributed by atoms with Gasteiger partial charge in [-0.05, 0) is 72.3 Å². The van der Waals surface area contributed by atoms with Crippen molar-refractivity contribution in [3.8, 4) is 0 Å². The van der Waals surface area contributed by atoms with E-state index in [1.54, 1.807) is 16.7 Å². The molecule has 0 radical (unpaired) electrons. The van der Waals surface area contributed by atoms with Gasteiger partial charge in [0.2, 0.25) is 0 Å². The average molecular weight is 368 g/mol. The second-order valence-corrected chi connectivity index (χ2v) is 7.70. The highest BCUT2D eigenvalue weighted by Gasteiger charge is 2.23. The first-order valence-corrected chi connectivity index (χ1v) is 9.48. The summed E-state index contributed by atoms with van der Waals surface area (Å²) in [5, 5.41) is 3.64. The highest BCUT2D eigenvalue weighted by atomic mass is 79.9. The monoisotopic (exact) mass is 367 g/mol. The Morgan fingerprint density at radius 1 is 1.33 bits per heavy atom. The van der Waals surface area contributed by atoms with E-state index in [1.807, 2.05) is 17.4 Å². The summed E-state index contributed by atoms with van der Waals surface area (Å²) >= 11 is 5.58. The van der Waals surface area contributed by atoms with Gasteiger partial charge < -0.3 is 9.73 Å². The first-order chi connectivity index (χ1) is 10.3. The van der Waals surface area contributed by atoms with Crippen LogP contribution in [0.1, 0.15) is 59.7 Å². The summed E-state index contributed by atoms with van der Waals surface area (Å²) in [6, 6.07) is 4.56. The van der Waals surface area contributed by atoms with E-state index in [9.17, 15) is 0 Å². The summed E-state index contributed by atoms with van der Waals surface area (Å²) in [5.41, 5.74) is 1.57. The minimum absolute atomic E-state index is 0.172. The predicted molar refractivity (Wildman–Crippen MR) is 92.1 cm³/mol. The smallest absolute Gasteiger partial charge is 0.140 e. The molecule has 0 fully saturated rings. The number of nitrogens with one attached hydrogen (secondary N) is 1. The molecule has 0 saturated heterocycles. The number of fused-ring (bicyclic) bond motifs is 1. The summed E-state index contributed by atoms with van der Waals surface area (Å²) in [7, 11) is 0. The van der Waals surface area contributed by atoms with Gasteiger partial charge in [0.25, 0.3) is 0 Å². The Hall–Kier alpha value is -0.580. The first kappa shape index (κ1) is 15.3. The lowest BCUT2D eigenvalue weighted by Crippen LogP contribution is -2.22. The van der Waals surface area contributed by atoms with Crippen LogP contribution in [0.25, 0.3) is 0 Å². The van der Waals surface area contributed by atoms with Crippen LogP contribution in [-0.4, -0.2) is 6.54 Å². The van der Waals surface area contributed by atoms with Gasteiger partial charge in [-0.1, -0.05) is 13.3 Å². The average Bonchev–Trinajstić information content (AvgIpc) is 3.01. The number of halogens is 1. The molecule has 0 aliphatic heterocycles. The Bertz CT molecular complexity index is 566. The molecule has 0 aromatic carbocycles. The zero-order chi connectivity index (χ0) is 14.7. The molecule has 3 rings (SSSR count). The zero-order valence-electron chi connectivity index (χ0n) is 12.5. The quantitative estimate of drug-likeness (QED) is 0.709. The molecule has 0 saturated carbocycles. The second-order valence-electron chi connectivity index (χ2n) is 5.68. The summed E-state index contributed by atoms with van der Waals surface area (Å²) in [6.07, 6.45) is 9.42. The highest BCUT2D eigenvalue weighted by Crippen LogP contribution is 2.37. The molecule has 1 aliphatic rings. The van der Waals surface area contributed by atoms with Gasteiger partial charge in [-0.2, -0.15) is 0 Å². The molecule has 1 aliphatic carbocycles. The summed E-state index contributed by atoms with van der Waals surface area (Å²) in [5.74, 6) is 1.000. The molecule has 1 atom stereocenters. The molecule has 114 valence electrons. The van der Waals surface area contributed by atoms with Gasteiger partial charge in [0, 0.05) is 9.75 Å². The molecular weight excluding hydrogens is 346 g/mol. The molecule has 1 unspecified atom stereocenters. The molecule has 21 heavy (non-hydrogen) atoms. The van der Waals surface area contributed by atoms with Gasteiger partial charge in [0.1, 0.15) is 11.8 Å². The van der Waals surface area contributed by atoms with Crippen molar-refractivity contribution < 1.29 is 4.42 Å². The Morgan fingerprint density at radius 3 is 2.95 bits per heavy atom. The van der Waals surface area contributed by atoms with Crippen LogP contribution in [0.3, 0.4) is 0 Å². The zero-order valence-corrected chi connectivity index (χ0v) is 14.9. The van der Waals surface area contributed by atoms with Crippen molar-refractivity contribution in [3.05, 3.63) is 43.9 Å². The molecule has 2 heterocycles. The van der Waals surface area contributed by atoms with Crippen LogP contribution in [0.5, 0.6) is 0 Å². The van der Waals surface area contributed by atoms with Crippen molar-refractivity contribution in [2.75, 3.05) is 6.54 Å². The van der Waals surface area contributed by atoms with Crippen LogP contribution in [0, 0.1) is 0 Å². The number of furan rings is 1. The third-order valence-electron chi connectivity index (χ3n) is 4.06. The minimum atomic E-state index is 0.172. The van der Waals surface area contributed by atoms with Crippen molar-refractivity contribution in [3.63, 3.8) is 0 Å². The van der Waals surface area contributed by atoms with E-state index in [1.165, 1.54) is 37.0 Å². The number of aryl methyl sites for hydroxylation is 2. The van der Waals surface area contributed by atoms with E-state index >= 15 is 0 Å². The van der Waals surface area contributed by atoms with Gasteiger partial charge in [-0.25, -0.2) is 0 Å². The minimum Gasteiger partial charge on any atom is -0.466 e. The number of hydrogen-bond donors (Lipinski definition) is 1. The fourth-order valence-electron chi connectivity index (χ4n) is 2.96.